The molecule has 0 amide bonds. The molecule has 0 saturated heterocycles. The van der Waals surface area contributed by atoms with Crippen molar-refractivity contribution in [2.24, 2.45) is 0 Å². The van der Waals surface area contributed by atoms with Crippen molar-refractivity contribution in [3.8, 4) is 11.5 Å². The number of hydrogen-bond acceptors (Lipinski definition) is 2. The van der Waals surface area contributed by atoms with E-state index in [0.29, 0.717) is 21.0 Å². The standard InChI is InChI=1S/C14H10BrClO3/c1-8-2-3-9(16)6-13(8)19-10-4-5-11(14(17)18)12(15)7-10/h2-7H,1H3,(H,17,18). The lowest BCUT2D eigenvalue weighted by Crippen LogP contribution is -1.97. The quantitative estimate of drug-likeness (QED) is 0.863. The lowest BCUT2D eigenvalue weighted by atomic mass is 10.2. The highest BCUT2D eigenvalue weighted by Gasteiger charge is 2.10. The monoisotopic (exact) mass is 340 g/mol. The van der Waals surface area contributed by atoms with Gasteiger partial charge in [-0.15, -0.1) is 0 Å². The highest BCUT2D eigenvalue weighted by atomic mass is 79.9. The third kappa shape index (κ3) is 3.28. The van der Waals surface area contributed by atoms with E-state index in [9.17, 15) is 4.79 Å². The molecule has 3 nitrogen and oxygen atoms in total. The molecule has 1 N–H and O–H groups in total. The molecular weight excluding hydrogens is 332 g/mol. The number of benzene rings is 2. The van der Waals surface area contributed by atoms with Crippen LogP contribution in [0.3, 0.4) is 0 Å². The summed E-state index contributed by atoms with van der Waals surface area (Å²) in [7, 11) is 0. The second kappa shape index (κ2) is 5.63. The predicted molar refractivity (Wildman–Crippen MR) is 77.4 cm³/mol. The van der Waals surface area contributed by atoms with Gasteiger partial charge in [-0.25, -0.2) is 4.79 Å². The highest BCUT2D eigenvalue weighted by Crippen LogP contribution is 2.30. The van der Waals surface area contributed by atoms with E-state index in [1.165, 1.54) is 6.07 Å². The lowest BCUT2D eigenvalue weighted by molar-refractivity contribution is 0.0696. The maximum absolute atomic E-state index is 10.9. The molecule has 19 heavy (non-hydrogen) atoms. The summed E-state index contributed by atoms with van der Waals surface area (Å²) in [4.78, 5) is 10.9. The molecule has 0 aliphatic rings. The summed E-state index contributed by atoms with van der Waals surface area (Å²) in [5, 5.41) is 9.52. The number of carbonyl (C=O) groups is 1. The minimum Gasteiger partial charge on any atom is -0.478 e. The van der Waals surface area contributed by atoms with Gasteiger partial charge in [0.1, 0.15) is 11.5 Å². The van der Waals surface area contributed by atoms with Gasteiger partial charge in [-0.3, -0.25) is 0 Å². The largest absolute Gasteiger partial charge is 0.478 e. The van der Waals surface area contributed by atoms with Gasteiger partial charge in [-0.05, 0) is 58.7 Å². The molecule has 2 aromatic rings. The van der Waals surface area contributed by atoms with Crippen LogP contribution in [0.2, 0.25) is 5.02 Å². The van der Waals surface area contributed by atoms with Crippen LogP contribution in [0.25, 0.3) is 0 Å². The van der Waals surface area contributed by atoms with Crippen molar-refractivity contribution in [1.29, 1.82) is 0 Å². The predicted octanol–water partition coefficient (Wildman–Crippen LogP) is 4.90. The molecule has 0 fully saturated rings. The van der Waals surface area contributed by atoms with Crippen LogP contribution in [0.1, 0.15) is 15.9 Å². The number of carboxylic acid groups (broad SMARTS) is 1. The minimum absolute atomic E-state index is 0.190. The zero-order valence-electron chi connectivity index (χ0n) is 9.98. The topological polar surface area (TPSA) is 46.5 Å². The van der Waals surface area contributed by atoms with Gasteiger partial charge >= 0.3 is 5.97 Å². The Morgan fingerprint density at radius 3 is 2.63 bits per heavy atom. The van der Waals surface area contributed by atoms with Crippen LogP contribution in [0.15, 0.2) is 40.9 Å². The van der Waals surface area contributed by atoms with E-state index in [-0.39, 0.29) is 5.56 Å². The van der Waals surface area contributed by atoms with Crippen LogP contribution in [-0.2, 0) is 0 Å². The number of aromatic carboxylic acids is 1. The number of rotatable bonds is 3. The van der Waals surface area contributed by atoms with E-state index >= 15 is 0 Å². The fraction of sp³-hybridized carbons (Fsp3) is 0.0714. The second-order valence-corrected chi connectivity index (χ2v) is 5.25. The summed E-state index contributed by atoms with van der Waals surface area (Å²) < 4.78 is 6.17. The molecule has 2 rings (SSSR count). The van der Waals surface area contributed by atoms with Crippen molar-refractivity contribution < 1.29 is 14.6 Å². The van der Waals surface area contributed by atoms with Gasteiger partial charge in [0.05, 0.1) is 5.56 Å². The average molecular weight is 342 g/mol. The Labute approximate surface area is 123 Å². The van der Waals surface area contributed by atoms with Crippen molar-refractivity contribution in [3.63, 3.8) is 0 Å². The Bertz CT molecular complexity index is 641. The van der Waals surface area contributed by atoms with Crippen LogP contribution >= 0.6 is 27.5 Å². The maximum Gasteiger partial charge on any atom is 0.336 e. The smallest absolute Gasteiger partial charge is 0.336 e. The molecule has 0 saturated carbocycles. The zero-order valence-corrected chi connectivity index (χ0v) is 12.3. The summed E-state index contributed by atoms with van der Waals surface area (Å²) in [5.74, 6) is 0.196. The molecule has 2 aromatic carbocycles. The zero-order chi connectivity index (χ0) is 14.0. The molecule has 0 atom stereocenters. The van der Waals surface area contributed by atoms with Gasteiger partial charge in [0, 0.05) is 9.50 Å². The second-order valence-electron chi connectivity index (χ2n) is 3.96. The first-order chi connectivity index (χ1) is 8.97. The Hall–Kier alpha value is -1.52. The molecule has 0 aliphatic carbocycles. The van der Waals surface area contributed by atoms with E-state index in [0.717, 1.165) is 5.56 Å². The SMILES string of the molecule is Cc1ccc(Cl)cc1Oc1ccc(C(=O)O)c(Br)c1. The molecule has 0 aromatic heterocycles. The summed E-state index contributed by atoms with van der Waals surface area (Å²) in [5.41, 5.74) is 1.14. The van der Waals surface area contributed by atoms with E-state index in [1.54, 1.807) is 24.3 Å². The fourth-order valence-corrected chi connectivity index (χ4v) is 2.23. The molecule has 98 valence electrons. The van der Waals surface area contributed by atoms with Crippen molar-refractivity contribution in [1.82, 2.24) is 0 Å². The number of aryl methyl sites for hydroxylation is 1. The van der Waals surface area contributed by atoms with Gasteiger partial charge < -0.3 is 9.84 Å². The molecule has 0 radical (unpaired) electrons. The third-order valence-corrected chi connectivity index (χ3v) is 3.44. The van der Waals surface area contributed by atoms with Crippen LogP contribution in [0.5, 0.6) is 11.5 Å². The Kier molecular flexibility index (Phi) is 4.12. The van der Waals surface area contributed by atoms with Gasteiger partial charge in [-0.1, -0.05) is 17.7 Å². The number of halogens is 2. The summed E-state index contributed by atoms with van der Waals surface area (Å²) in [6, 6.07) is 10.1. The highest BCUT2D eigenvalue weighted by molar-refractivity contribution is 9.10. The van der Waals surface area contributed by atoms with E-state index in [4.69, 9.17) is 21.4 Å². The molecule has 0 aliphatic heterocycles. The molecule has 0 heterocycles. The fourth-order valence-electron chi connectivity index (χ4n) is 1.54. The van der Waals surface area contributed by atoms with E-state index < -0.39 is 5.97 Å². The van der Waals surface area contributed by atoms with Crippen molar-refractivity contribution >= 4 is 33.5 Å². The molecule has 0 unspecified atom stereocenters. The maximum atomic E-state index is 10.9. The van der Waals surface area contributed by atoms with Gasteiger partial charge in [-0.2, -0.15) is 0 Å². The van der Waals surface area contributed by atoms with Crippen LogP contribution in [0, 0.1) is 6.92 Å². The van der Waals surface area contributed by atoms with Crippen LogP contribution in [0.4, 0.5) is 0 Å². The van der Waals surface area contributed by atoms with Gasteiger partial charge in [0.15, 0.2) is 0 Å². The number of carboxylic acids is 1. The molecule has 0 bridgehead atoms. The third-order valence-electron chi connectivity index (χ3n) is 2.55. The first kappa shape index (κ1) is 13.9. The first-order valence-electron chi connectivity index (χ1n) is 5.44. The van der Waals surface area contributed by atoms with E-state index in [2.05, 4.69) is 15.9 Å². The van der Waals surface area contributed by atoms with Gasteiger partial charge in [0.25, 0.3) is 0 Å². The van der Waals surface area contributed by atoms with Crippen molar-refractivity contribution in [3.05, 3.63) is 57.0 Å². The van der Waals surface area contributed by atoms with E-state index in [1.807, 2.05) is 13.0 Å². The van der Waals surface area contributed by atoms with Crippen molar-refractivity contribution in [2.75, 3.05) is 0 Å². The summed E-state index contributed by atoms with van der Waals surface area (Å²) >= 11 is 9.12. The molecular formula is C14H10BrClO3. The molecule has 0 spiro atoms. The van der Waals surface area contributed by atoms with Gasteiger partial charge in [0.2, 0.25) is 0 Å². The summed E-state index contributed by atoms with van der Waals surface area (Å²) in [6.45, 7) is 1.91. The van der Waals surface area contributed by atoms with Crippen LogP contribution in [-0.4, -0.2) is 11.1 Å². The average Bonchev–Trinajstić information content (AvgIpc) is 2.33. The number of ether oxygens (including phenoxy) is 1. The Balaban J connectivity index is 2.31. The van der Waals surface area contributed by atoms with Crippen molar-refractivity contribution in [2.45, 2.75) is 6.92 Å². The minimum atomic E-state index is -0.989. The number of hydrogen-bond donors (Lipinski definition) is 1. The van der Waals surface area contributed by atoms with Crippen LogP contribution < -0.4 is 4.74 Å². The normalized spacial score (nSPS) is 10.3. The lowest BCUT2D eigenvalue weighted by Gasteiger charge is -2.10. The Morgan fingerprint density at radius 2 is 2.00 bits per heavy atom. The Morgan fingerprint density at radius 1 is 1.26 bits per heavy atom. The first-order valence-corrected chi connectivity index (χ1v) is 6.61. The molecule has 5 heteroatoms. The summed E-state index contributed by atoms with van der Waals surface area (Å²) in [6.07, 6.45) is 0.